The van der Waals surface area contributed by atoms with E-state index in [1.165, 1.54) is 19.2 Å². The van der Waals surface area contributed by atoms with Gasteiger partial charge < -0.3 is 0 Å². The molecule has 1 aromatic carbocycles. The van der Waals surface area contributed by atoms with E-state index in [0.717, 1.165) is 10.5 Å². The quantitative estimate of drug-likeness (QED) is 0.723. The van der Waals surface area contributed by atoms with Crippen LogP contribution in [0.5, 0.6) is 0 Å². The van der Waals surface area contributed by atoms with E-state index in [0.29, 0.717) is 5.69 Å². The summed E-state index contributed by atoms with van der Waals surface area (Å²) in [5.41, 5.74) is 0.502. The summed E-state index contributed by atoms with van der Waals surface area (Å²) in [4.78, 5) is 3.61. The number of halogens is 1. The molecule has 0 spiro atoms. The lowest BCUT2D eigenvalue weighted by molar-refractivity contribution is 0.580. The SMILES string of the molecule is CN(c1ccccc1)S(=O)(=O)CCNS(=O)(=O)c1ccc(Cl)nc1. The second-order valence-electron chi connectivity index (χ2n) is 4.83. The van der Waals surface area contributed by atoms with Gasteiger partial charge >= 0.3 is 0 Å². The number of nitrogens with one attached hydrogen (secondary N) is 1. The maximum absolute atomic E-state index is 12.3. The molecule has 130 valence electrons. The topological polar surface area (TPSA) is 96.4 Å². The van der Waals surface area contributed by atoms with E-state index < -0.39 is 20.0 Å². The monoisotopic (exact) mass is 389 g/mol. The van der Waals surface area contributed by atoms with Crippen LogP contribution in [0.3, 0.4) is 0 Å². The number of benzene rings is 1. The normalized spacial score (nSPS) is 12.1. The van der Waals surface area contributed by atoms with E-state index in [2.05, 4.69) is 9.71 Å². The molecule has 1 N–H and O–H groups in total. The first kappa shape index (κ1) is 18.7. The molecule has 1 heterocycles. The van der Waals surface area contributed by atoms with Crippen molar-refractivity contribution in [3.8, 4) is 0 Å². The van der Waals surface area contributed by atoms with Gasteiger partial charge in [-0.05, 0) is 24.3 Å². The minimum absolute atomic E-state index is 0.0827. The Morgan fingerprint density at radius 2 is 1.75 bits per heavy atom. The average molecular weight is 390 g/mol. The van der Waals surface area contributed by atoms with Gasteiger partial charge in [0.2, 0.25) is 20.0 Å². The highest BCUT2D eigenvalue weighted by atomic mass is 35.5. The van der Waals surface area contributed by atoms with Crippen LogP contribution in [0, 0.1) is 0 Å². The average Bonchev–Trinajstić information content (AvgIpc) is 2.55. The zero-order valence-corrected chi connectivity index (χ0v) is 15.1. The third-order valence-corrected chi connectivity index (χ3v) is 6.63. The minimum Gasteiger partial charge on any atom is -0.273 e. The van der Waals surface area contributed by atoms with E-state index in [4.69, 9.17) is 11.6 Å². The van der Waals surface area contributed by atoms with Gasteiger partial charge in [0, 0.05) is 19.8 Å². The fraction of sp³-hybridized carbons (Fsp3) is 0.214. The summed E-state index contributed by atoms with van der Waals surface area (Å²) in [5.74, 6) is -0.376. The number of rotatable bonds is 7. The standard InChI is InChI=1S/C14H16ClN3O4S2/c1-18(12-5-3-2-4-6-12)23(19,20)10-9-17-24(21,22)13-7-8-14(15)16-11-13/h2-8,11,17H,9-10H2,1H3. The second kappa shape index (κ2) is 7.47. The van der Waals surface area contributed by atoms with Crippen molar-refractivity contribution in [3.63, 3.8) is 0 Å². The third kappa shape index (κ3) is 4.67. The highest BCUT2D eigenvalue weighted by Gasteiger charge is 2.20. The molecule has 24 heavy (non-hydrogen) atoms. The van der Waals surface area contributed by atoms with Crippen molar-refractivity contribution in [1.29, 1.82) is 0 Å². The van der Waals surface area contributed by atoms with Crippen molar-refractivity contribution in [2.75, 3.05) is 23.7 Å². The molecular formula is C14H16ClN3O4S2. The first-order chi connectivity index (χ1) is 11.2. The second-order valence-corrected chi connectivity index (χ2v) is 9.11. The minimum atomic E-state index is -3.84. The van der Waals surface area contributed by atoms with E-state index >= 15 is 0 Å². The van der Waals surface area contributed by atoms with Gasteiger partial charge in [-0.2, -0.15) is 0 Å². The molecule has 7 nitrogen and oxygen atoms in total. The van der Waals surface area contributed by atoms with Gasteiger partial charge in [-0.1, -0.05) is 29.8 Å². The smallest absolute Gasteiger partial charge is 0.242 e. The number of aromatic nitrogens is 1. The van der Waals surface area contributed by atoms with Crippen LogP contribution in [-0.2, 0) is 20.0 Å². The van der Waals surface area contributed by atoms with Crippen LogP contribution in [-0.4, -0.2) is 41.2 Å². The van der Waals surface area contributed by atoms with Crippen LogP contribution >= 0.6 is 11.6 Å². The number of hydrogen-bond donors (Lipinski definition) is 1. The Hall–Kier alpha value is -1.68. The van der Waals surface area contributed by atoms with E-state index in [9.17, 15) is 16.8 Å². The Bertz CT molecular complexity index is 885. The maximum atomic E-state index is 12.3. The Labute approximate surface area is 146 Å². The molecule has 0 saturated heterocycles. The zero-order valence-electron chi connectivity index (χ0n) is 12.8. The van der Waals surface area contributed by atoms with Crippen LogP contribution < -0.4 is 9.03 Å². The van der Waals surface area contributed by atoms with Gasteiger partial charge in [-0.15, -0.1) is 0 Å². The van der Waals surface area contributed by atoms with Crippen molar-refractivity contribution < 1.29 is 16.8 Å². The van der Waals surface area contributed by atoms with Crippen molar-refractivity contribution in [1.82, 2.24) is 9.71 Å². The number of pyridine rings is 1. The summed E-state index contributed by atoms with van der Waals surface area (Å²) in [5, 5.41) is 0.168. The first-order valence-corrected chi connectivity index (χ1v) is 10.3. The van der Waals surface area contributed by atoms with Crippen LogP contribution in [0.1, 0.15) is 0 Å². The summed E-state index contributed by atoms with van der Waals surface area (Å²) in [6.07, 6.45) is 1.11. The van der Waals surface area contributed by atoms with Crippen LogP contribution in [0.4, 0.5) is 5.69 Å². The molecule has 0 amide bonds. The molecule has 0 saturated carbocycles. The van der Waals surface area contributed by atoms with E-state index in [1.54, 1.807) is 30.3 Å². The molecule has 10 heteroatoms. The van der Waals surface area contributed by atoms with Crippen molar-refractivity contribution in [3.05, 3.63) is 53.8 Å². The predicted octanol–water partition coefficient (Wildman–Crippen LogP) is 1.48. The molecule has 2 rings (SSSR count). The molecule has 0 fully saturated rings. The summed E-state index contributed by atoms with van der Waals surface area (Å²) in [7, 11) is -6.08. The number of anilines is 1. The molecule has 0 aliphatic heterocycles. The van der Waals surface area contributed by atoms with Crippen molar-refractivity contribution in [2.45, 2.75) is 4.90 Å². The number of nitrogens with zero attached hydrogens (tertiary/aromatic N) is 2. The van der Waals surface area contributed by atoms with Gasteiger partial charge in [0.05, 0.1) is 11.4 Å². The van der Waals surface area contributed by atoms with E-state index in [-0.39, 0.29) is 22.3 Å². The highest BCUT2D eigenvalue weighted by Crippen LogP contribution is 2.15. The summed E-state index contributed by atoms with van der Waals surface area (Å²) in [6.45, 7) is -0.259. The number of sulfonamides is 2. The fourth-order valence-electron chi connectivity index (χ4n) is 1.85. The Morgan fingerprint density at radius 3 is 2.33 bits per heavy atom. The molecule has 1 aromatic heterocycles. The van der Waals surface area contributed by atoms with Crippen LogP contribution in [0.2, 0.25) is 5.15 Å². The predicted molar refractivity (Wildman–Crippen MR) is 93.1 cm³/mol. The van der Waals surface area contributed by atoms with Gasteiger partial charge in [-0.25, -0.2) is 26.5 Å². The Balaban J connectivity index is 2.01. The van der Waals surface area contributed by atoms with Gasteiger partial charge in [0.1, 0.15) is 10.0 Å². The fourth-order valence-corrected chi connectivity index (χ4v) is 4.14. The van der Waals surface area contributed by atoms with Gasteiger partial charge in [-0.3, -0.25) is 4.31 Å². The van der Waals surface area contributed by atoms with E-state index in [1.807, 2.05) is 0 Å². The zero-order chi connectivity index (χ0) is 17.8. The van der Waals surface area contributed by atoms with Crippen molar-refractivity contribution in [2.24, 2.45) is 0 Å². The molecule has 0 unspecified atom stereocenters. The Morgan fingerprint density at radius 1 is 1.08 bits per heavy atom. The molecule has 0 aliphatic carbocycles. The lowest BCUT2D eigenvalue weighted by Crippen LogP contribution is -2.35. The van der Waals surface area contributed by atoms with Crippen molar-refractivity contribution >= 4 is 37.3 Å². The molecular weight excluding hydrogens is 374 g/mol. The number of para-hydroxylation sites is 1. The lowest BCUT2D eigenvalue weighted by Gasteiger charge is -2.19. The summed E-state index contributed by atoms with van der Waals surface area (Å²) < 4.78 is 52.0. The molecule has 0 aliphatic rings. The summed E-state index contributed by atoms with van der Waals surface area (Å²) in [6, 6.07) is 11.2. The number of hydrogen-bond acceptors (Lipinski definition) is 5. The Kier molecular flexibility index (Phi) is 5.81. The van der Waals surface area contributed by atoms with Crippen LogP contribution in [0.15, 0.2) is 53.6 Å². The van der Waals surface area contributed by atoms with Gasteiger partial charge in [0.25, 0.3) is 0 Å². The first-order valence-electron chi connectivity index (χ1n) is 6.85. The van der Waals surface area contributed by atoms with Gasteiger partial charge in [0.15, 0.2) is 0 Å². The molecule has 2 aromatic rings. The third-order valence-electron chi connectivity index (χ3n) is 3.20. The molecule has 0 radical (unpaired) electrons. The molecule has 0 bridgehead atoms. The summed E-state index contributed by atoms with van der Waals surface area (Å²) >= 11 is 5.61. The maximum Gasteiger partial charge on any atom is 0.242 e. The highest BCUT2D eigenvalue weighted by molar-refractivity contribution is 7.93. The lowest BCUT2D eigenvalue weighted by atomic mass is 10.3. The molecule has 0 atom stereocenters. The van der Waals surface area contributed by atoms with Crippen LogP contribution in [0.25, 0.3) is 0 Å². The largest absolute Gasteiger partial charge is 0.273 e.